The van der Waals surface area contributed by atoms with Crippen molar-refractivity contribution in [1.82, 2.24) is 0 Å². The first-order valence-corrected chi connectivity index (χ1v) is 8.08. The van der Waals surface area contributed by atoms with Crippen LogP contribution in [0, 0.1) is 5.92 Å². The highest BCUT2D eigenvalue weighted by Crippen LogP contribution is 2.26. The molecule has 0 aromatic heterocycles. The standard InChI is InChI=1S/C12H22O3S/c1-2-12(13)8-5-9-16(14,15)10-11-6-3-4-7-11/h11H,2-10H2,1H3. The summed E-state index contributed by atoms with van der Waals surface area (Å²) in [7, 11) is -2.92. The highest BCUT2D eigenvalue weighted by atomic mass is 32.2. The molecule has 0 N–H and O–H groups in total. The third-order valence-corrected chi connectivity index (χ3v) is 5.16. The minimum atomic E-state index is -2.92. The van der Waals surface area contributed by atoms with Crippen molar-refractivity contribution in [3.8, 4) is 0 Å². The summed E-state index contributed by atoms with van der Waals surface area (Å²) in [6.45, 7) is 1.81. The van der Waals surface area contributed by atoms with E-state index in [1.165, 1.54) is 12.8 Å². The van der Waals surface area contributed by atoms with Crippen LogP contribution < -0.4 is 0 Å². The monoisotopic (exact) mass is 246 g/mol. The van der Waals surface area contributed by atoms with Gasteiger partial charge in [0, 0.05) is 12.8 Å². The third kappa shape index (κ3) is 5.10. The number of carbonyl (C=O) groups is 1. The Morgan fingerprint density at radius 2 is 1.88 bits per heavy atom. The van der Waals surface area contributed by atoms with Gasteiger partial charge in [-0.05, 0) is 25.2 Å². The molecule has 0 heterocycles. The Balaban J connectivity index is 2.25. The summed E-state index contributed by atoms with van der Waals surface area (Å²) in [5, 5.41) is 0. The quantitative estimate of drug-likeness (QED) is 0.693. The second-order valence-corrected chi connectivity index (χ2v) is 6.99. The molecule has 0 bridgehead atoms. The van der Waals surface area contributed by atoms with Gasteiger partial charge in [-0.15, -0.1) is 0 Å². The number of hydrogen-bond acceptors (Lipinski definition) is 3. The molecule has 94 valence electrons. The predicted octanol–water partition coefficient (Wildman–Crippen LogP) is 2.35. The van der Waals surface area contributed by atoms with Gasteiger partial charge in [0.25, 0.3) is 0 Å². The molecule has 0 aromatic carbocycles. The van der Waals surface area contributed by atoms with E-state index in [2.05, 4.69) is 0 Å². The Hall–Kier alpha value is -0.380. The van der Waals surface area contributed by atoms with E-state index in [1.54, 1.807) is 0 Å². The van der Waals surface area contributed by atoms with Gasteiger partial charge in [-0.25, -0.2) is 8.42 Å². The minimum Gasteiger partial charge on any atom is -0.300 e. The van der Waals surface area contributed by atoms with E-state index in [0.717, 1.165) is 12.8 Å². The number of carbonyl (C=O) groups excluding carboxylic acids is 1. The van der Waals surface area contributed by atoms with Crippen LogP contribution >= 0.6 is 0 Å². The molecule has 1 aliphatic carbocycles. The molecular weight excluding hydrogens is 224 g/mol. The van der Waals surface area contributed by atoms with E-state index in [0.29, 0.717) is 30.9 Å². The number of Topliss-reactive ketones (excluding diaryl/α,β-unsaturated/α-hetero) is 1. The van der Waals surface area contributed by atoms with Gasteiger partial charge < -0.3 is 0 Å². The molecule has 0 spiro atoms. The summed E-state index contributed by atoms with van der Waals surface area (Å²) in [5.74, 6) is 1.07. The number of hydrogen-bond donors (Lipinski definition) is 0. The Bertz CT molecular complexity index is 313. The van der Waals surface area contributed by atoms with E-state index < -0.39 is 9.84 Å². The van der Waals surface area contributed by atoms with E-state index in [9.17, 15) is 13.2 Å². The lowest BCUT2D eigenvalue weighted by atomic mass is 10.1. The molecule has 0 unspecified atom stereocenters. The molecule has 0 amide bonds. The lowest BCUT2D eigenvalue weighted by Crippen LogP contribution is -2.17. The van der Waals surface area contributed by atoms with Gasteiger partial charge in [0.05, 0.1) is 11.5 Å². The molecule has 1 saturated carbocycles. The summed E-state index contributed by atoms with van der Waals surface area (Å²) < 4.78 is 23.5. The summed E-state index contributed by atoms with van der Waals surface area (Å²) >= 11 is 0. The highest BCUT2D eigenvalue weighted by Gasteiger charge is 2.22. The van der Waals surface area contributed by atoms with E-state index >= 15 is 0 Å². The normalized spacial score (nSPS) is 17.8. The SMILES string of the molecule is CCC(=O)CCCS(=O)(=O)CC1CCCC1. The average molecular weight is 246 g/mol. The van der Waals surface area contributed by atoms with Gasteiger partial charge in [-0.3, -0.25) is 4.79 Å². The van der Waals surface area contributed by atoms with Crippen LogP contribution in [0.2, 0.25) is 0 Å². The molecule has 0 atom stereocenters. The Labute approximate surface area is 98.5 Å². The Morgan fingerprint density at radius 1 is 1.25 bits per heavy atom. The smallest absolute Gasteiger partial charge is 0.150 e. The number of ketones is 1. The molecule has 0 aliphatic heterocycles. The molecule has 3 nitrogen and oxygen atoms in total. The summed E-state index contributed by atoms with van der Waals surface area (Å²) in [4.78, 5) is 11.0. The van der Waals surface area contributed by atoms with Crippen LogP contribution in [-0.2, 0) is 14.6 Å². The maximum absolute atomic E-state index is 11.7. The summed E-state index contributed by atoms with van der Waals surface area (Å²) in [6.07, 6.45) is 5.91. The molecule has 1 rings (SSSR count). The van der Waals surface area contributed by atoms with Crippen LogP contribution in [0.15, 0.2) is 0 Å². The van der Waals surface area contributed by atoms with Gasteiger partial charge in [-0.2, -0.15) is 0 Å². The molecule has 0 aromatic rings. The fourth-order valence-corrected chi connectivity index (χ4v) is 4.09. The van der Waals surface area contributed by atoms with Gasteiger partial charge in [0.1, 0.15) is 5.78 Å². The fourth-order valence-electron chi connectivity index (χ4n) is 2.29. The summed E-state index contributed by atoms with van der Waals surface area (Å²) in [6, 6.07) is 0. The molecule has 0 saturated heterocycles. The maximum atomic E-state index is 11.7. The van der Waals surface area contributed by atoms with E-state index in [4.69, 9.17) is 0 Å². The summed E-state index contributed by atoms with van der Waals surface area (Å²) in [5.41, 5.74) is 0. The third-order valence-electron chi connectivity index (χ3n) is 3.27. The predicted molar refractivity (Wildman–Crippen MR) is 65.1 cm³/mol. The van der Waals surface area contributed by atoms with Crippen molar-refractivity contribution >= 4 is 15.6 Å². The Morgan fingerprint density at radius 3 is 2.44 bits per heavy atom. The van der Waals surface area contributed by atoms with Crippen molar-refractivity contribution in [2.75, 3.05) is 11.5 Å². The lowest BCUT2D eigenvalue weighted by Gasteiger charge is -2.09. The molecule has 16 heavy (non-hydrogen) atoms. The second-order valence-electron chi connectivity index (χ2n) is 4.76. The zero-order chi connectivity index (χ0) is 12.0. The van der Waals surface area contributed by atoms with Crippen molar-refractivity contribution in [3.05, 3.63) is 0 Å². The first kappa shape index (κ1) is 13.7. The zero-order valence-corrected chi connectivity index (χ0v) is 10.9. The van der Waals surface area contributed by atoms with Crippen LogP contribution in [-0.4, -0.2) is 25.7 Å². The first-order valence-electron chi connectivity index (χ1n) is 6.25. The van der Waals surface area contributed by atoms with Crippen molar-refractivity contribution in [2.24, 2.45) is 5.92 Å². The fraction of sp³-hybridized carbons (Fsp3) is 0.917. The van der Waals surface area contributed by atoms with Gasteiger partial charge in [-0.1, -0.05) is 19.8 Å². The van der Waals surface area contributed by atoms with Crippen LogP contribution in [0.3, 0.4) is 0 Å². The average Bonchev–Trinajstić information content (AvgIpc) is 2.69. The number of rotatable bonds is 7. The van der Waals surface area contributed by atoms with Crippen LogP contribution in [0.25, 0.3) is 0 Å². The zero-order valence-electron chi connectivity index (χ0n) is 10.1. The second kappa shape index (κ2) is 6.38. The van der Waals surface area contributed by atoms with Crippen molar-refractivity contribution in [1.29, 1.82) is 0 Å². The van der Waals surface area contributed by atoms with Gasteiger partial charge in [0.2, 0.25) is 0 Å². The van der Waals surface area contributed by atoms with Crippen LogP contribution in [0.1, 0.15) is 51.9 Å². The topological polar surface area (TPSA) is 51.2 Å². The molecule has 1 aliphatic rings. The van der Waals surface area contributed by atoms with E-state index in [-0.39, 0.29) is 11.5 Å². The highest BCUT2D eigenvalue weighted by molar-refractivity contribution is 7.91. The Kier molecular flexibility index (Phi) is 5.46. The lowest BCUT2D eigenvalue weighted by molar-refractivity contribution is -0.118. The molecule has 4 heteroatoms. The van der Waals surface area contributed by atoms with Crippen LogP contribution in [0.4, 0.5) is 0 Å². The van der Waals surface area contributed by atoms with Gasteiger partial charge >= 0.3 is 0 Å². The van der Waals surface area contributed by atoms with E-state index in [1.807, 2.05) is 6.92 Å². The largest absolute Gasteiger partial charge is 0.300 e. The molecule has 0 radical (unpaired) electrons. The van der Waals surface area contributed by atoms with Crippen LogP contribution in [0.5, 0.6) is 0 Å². The number of sulfone groups is 1. The van der Waals surface area contributed by atoms with Crippen molar-refractivity contribution < 1.29 is 13.2 Å². The van der Waals surface area contributed by atoms with Crippen molar-refractivity contribution in [3.63, 3.8) is 0 Å². The van der Waals surface area contributed by atoms with Gasteiger partial charge in [0.15, 0.2) is 9.84 Å². The molecule has 1 fully saturated rings. The first-order chi connectivity index (χ1) is 7.53. The van der Waals surface area contributed by atoms with Crippen molar-refractivity contribution in [2.45, 2.75) is 51.9 Å². The minimum absolute atomic E-state index is 0.163. The molecular formula is C12H22O3S. The maximum Gasteiger partial charge on any atom is 0.150 e.